The van der Waals surface area contributed by atoms with Gasteiger partial charge < -0.3 is 10.1 Å². The minimum atomic E-state index is 0.452. The number of hydrogen-bond donors (Lipinski definition) is 1. The maximum atomic E-state index is 6.02. The van der Waals surface area contributed by atoms with E-state index in [9.17, 15) is 0 Å². The van der Waals surface area contributed by atoms with Crippen LogP contribution in [0.4, 0.5) is 5.69 Å². The molecule has 0 aliphatic carbocycles. The second-order valence-electron chi connectivity index (χ2n) is 3.83. The van der Waals surface area contributed by atoms with Gasteiger partial charge in [-0.3, -0.25) is 0 Å². The summed E-state index contributed by atoms with van der Waals surface area (Å²) in [7, 11) is 0. The molecule has 0 atom stereocenters. The standard InChI is InChI=1S/C14H12BrCl2NO/c15-10-4-6-11(7-5-10)18-8-9-19-13-3-1-2-12(16)14(13)17/h1-7,18H,8-9H2. The Morgan fingerprint density at radius 2 is 1.79 bits per heavy atom. The van der Waals surface area contributed by atoms with E-state index in [1.54, 1.807) is 12.1 Å². The Morgan fingerprint density at radius 1 is 1.05 bits per heavy atom. The number of benzene rings is 2. The molecule has 2 nitrogen and oxygen atoms in total. The van der Waals surface area contributed by atoms with Crippen LogP contribution in [0.25, 0.3) is 0 Å². The van der Waals surface area contributed by atoms with Gasteiger partial charge in [-0.2, -0.15) is 0 Å². The molecular formula is C14H12BrCl2NO. The number of nitrogens with one attached hydrogen (secondary N) is 1. The largest absolute Gasteiger partial charge is 0.490 e. The lowest BCUT2D eigenvalue weighted by Crippen LogP contribution is -2.11. The van der Waals surface area contributed by atoms with E-state index in [4.69, 9.17) is 27.9 Å². The van der Waals surface area contributed by atoms with Gasteiger partial charge in [0.05, 0.1) is 5.02 Å². The summed E-state index contributed by atoms with van der Waals surface area (Å²) < 4.78 is 6.63. The predicted octanol–water partition coefficient (Wildman–Crippen LogP) is 5.25. The van der Waals surface area contributed by atoms with Crippen LogP contribution in [-0.4, -0.2) is 13.2 Å². The van der Waals surface area contributed by atoms with E-state index in [1.807, 2.05) is 30.3 Å². The first-order valence-corrected chi connectivity index (χ1v) is 7.28. The molecule has 2 aromatic rings. The Morgan fingerprint density at radius 3 is 2.53 bits per heavy atom. The highest BCUT2D eigenvalue weighted by molar-refractivity contribution is 9.10. The molecule has 0 fully saturated rings. The summed E-state index contributed by atoms with van der Waals surface area (Å²) in [6, 6.07) is 13.3. The molecule has 0 saturated heterocycles. The van der Waals surface area contributed by atoms with Crippen LogP contribution < -0.4 is 10.1 Å². The molecule has 0 aliphatic rings. The van der Waals surface area contributed by atoms with E-state index in [0.717, 1.165) is 10.2 Å². The molecule has 5 heteroatoms. The van der Waals surface area contributed by atoms with Gasteiger partial charge in [-0.1, -0.05) is 45.2 Å². The second-order valence-corrected chi connectivity index (χ2v) is 5.53. The Balaban J connectivity index is 1.81. The summed E-state index contributed by atoms with van der Waals surface area (Å²) in [5.74, 6) is 0.603. The first-order valence-electron chi connectivity index (χ1n) is 5.73. The Hall–Kier alpha value is -0.900. The zero-order valence-corrected chi connectivity index (χ0v) is 13.1. The van der Waals surface area contributed by atoms with E-state index in [1.165, 1.54) is 0 Å². The van der Waals surface area contributed by atoms with Crippen molar-refractivity contribution in [2.45, 2.75) is 0 Å². The van der Waals surface area contributed by atoms with Gasteiger partial charge in [0.2, 0.25) is 0 Å². The Bertz CT molecular complexity index is 546. The van der Waals surface area contributed by atoms with Gasteiger partial charge in [-0.05, 0) is 36.4 Å². The molecule has 0 aromatic heterocycles. The fraction of sp³-hybridized carbons (Fsp3) is 0.143. The highest BCUT2D eigenvalue weighted by atomic mass is 79.9. The lowest BCUT2D eigenvalue weighted by molar-refractivity contribution is 0.333. The molecule has 100 valence electrons. The normalized spacial score (nSPS) is 10.3. The van der Waals surface area contributed by atoms with Gasteiger partial charge in [0.25, 0.3) is 0 Å². The zero-order valence-electron chi connectivity index (χ0n) is 10.00. The molecule has 1 N–H and O–H groups in total. The van der Waals surface area contributed by atoms with E-state index >= 15 is 0 Å². The van der Waals surface area contributed by atoms with Gasteiger partial charge in [0.15, 0.2) is 0 Å². The van der Waals surface area contributed by atoms with E-state index in [0.29, 0.717) is 28.9 Å². The average molecular weight is 361 g/mol. The number of ether oxygens (including phenoxy) is 1. The van der Waals surface area contributed by atoms with Crippen LogP contribution in [0, 0.1) is 0 Å². The summed E-state index contributed by atoms with van der Waals surface area (Å²) in [5, 5.41) is 4.21. The van der Waals surface area contributed by atoms with Crippen molar-refractivity contribution in [3.05, 3.63) is 57.0 Å². The van der Waals surface area contributed by atoms with Crippen molar-refractivity contribution in [1.82, 2.24) is 0 Å². The van der Waals surface area contributed by atoms with Crippen molar-refractivity contribution in [1.29, 1.82) is 0 Å². The van der Waals surface area contributed by atoms with Crippen LogP contribution in [0.5, 0.6) is 5.75 Å². The summed E-state index contributed by atoms with van der Waals surface area (Å²) in [6.45, 7) is 1.20. The fourth-order valence-corrected chi connectivity index (χ4v) is 2.13. The van der Waals surface area contributed by atoms with Gasteiger partial charge in [0, 0.05) is 16.7 Å². The summed E-state index contributed by atoms with van der Waals surface area (Å²) in [4.78, 5) is 0. The molecule has 0 spiro atoms. The fourth-order valence-electron chi connectivity index (χ4n) is 1.52. The molecule has 0 radical (unpaired) electrons. The topological polar surface area (TPSA) is 21.3 Å². The van der Waals surface area contributed by atoms with Crippen LogP contribution in [0.15, 0.2) is 46.9 Å². The van der Waals surface area contributed by atoms with Crippen LogP contribution in [-0.2, 0) is 0 Å². The maximum Gasteiger partial charge on any atom is 0.139 e. The minimum Gasteiger partial charge on any atom is -0.490 e. The maximum absolute atomic E-state index is 6.02. The molecule has 2 rings (SSSR count). The third-order valence-corrected chi connectivity index (χ3v) is 3.78. The predicted molar refractivity (Wildman–Crippen MR) is 84.6 cm³/mol. The Kier molecular flexibility index (Phi) is 5.37. The first-order chi connectivity index (χ1) is 9.16. The highest BCUT2D eigenvalue weighted by Gasteiger charge is 2.04. The third-order valence-electron chi connectivity index (χ3n) is 2.45. The highest BCUT2D eigenvalue weighted by Crippen LogP contribution is 2.31. The van der Waals surface area contributed by atoms with Crippen molar-refractivity contribution in [3.8, 4) is 5.75 Å². The van der Waals surface area contributed by atoms with Gasteiger partial charge in [-0.15, -0.1) is 0 Å². The molecule has 0 unspecified atom stereocenters. The van der Waals surface area contributed by atoms with Crippen LogP contribution in [0.3, 0.4) is 0 Å². The molecule has 0 amide bonds. The molecule has 0 bridgehead atoms. The van der Waals surface area contributed by atoms with Crippen LogP contribution >= 0.6 is 39.1 Å². The summed E-state index contributed by atoms with van der Waals surface area (Å²) in [5.41, 5.74) is 1.05. The van der Waals surface area contributed by atoms with E-state index in [2.05, 4.69) is 21.2 Å². The zero-order chi connectivity index (χ0) is 13.7. The molecule has 0 saturated carbocycles. The summed E-state index contributed by atoms with van der Waals surface area (Å²) in [6.07, 6.45) is 0. The van der Waals surface area contributed by atoms with Crippen molar-refractivity contribution >= 4 is 44.8 Å². The third kappa shape index (κ3) is 4.30. The van der Waals surface area contributed by atoms with E-state index < -0.39 is 0 Å². The number of anilines is 1. The smallest absolute Gasteiger partial charge is 0.139 e. The van der Waals surface area contributed by atoms with Crippen molar-refractivity contribution in [2.75, 3.05) is 18.5 Å². The lowest BCUT2D eigenvalue weighted by Gasteiger charge is -2.10. The summed E-state index contributed by atoms with van der Waals surface area (Å²) >= 11 is 15.3. The van der Waals surface area contributed by atoms with Crippen LogP contribution in [0.2, 0.25) is 10.0 Å². The monoisotopic (exact) mass is 359 g/mol. The van der Waals surface area contributed by atoms with Gasteiger partial charge in [0.1, 0.15) is 17.4 Å². The molecule has 0 aliphatic heterocycles. The molecular weight excluding hydrogens is 349 g/mol. The minimum absolute atomic E-state index is 0.452. The Labute approximate surface area is 130 Å². The van der Waals surface area contributed by atoms with Gasteiger partial charge >= 0.3 is 0 Å². The molecule has 0 heterocycles. The SMILES string of the molecule is Clc1cccc(OCCNc2ccc(Br)cc2)c1Cl. The van der Waals surface area contributed by atoms with Crippen molar-refractivity contribution < 1.29 is 4.74 Å². The van der Waals surface area contributed by atoms with E-state index in [-0.39, 0.29) is 0 Å². The van der Waals surface area contributed by atoms with Crippen molar-refractivity contribution in [3.63, 3.8) is 0 Å². The molecule has 2 aromatic carbocycles. The lowest BCUT2D eigenvalue weighted by atomic mass is 10.3. The van der Waals surface area contributed by atoms with Gasteiger partial charge in [-0.25, -0.2) is 0 Å². The molecule has 19 heavy (non-hydrogen) atoms. The average Bonchev–Trinajstić information content (AvgIpc) is 2.41. The second kappa shape index (κ2) is 7.04. The number of halogens is 3. The van der Waals surface area contributed by atoms with Crippen molar-refractivity contribution in [2.24, 2.45) is 0 Å². The quantitative estimate of drug-likeness (QED) is 0.735. The number of hydrogen-bond acceptors (Lipinski definition) is 2. The number of rotatable bonds is 5. The van der Waals surface area contributed by atoms with Crippen LogP contribution in [0.1, 0.15) is 0 Å². The first kappa shape index (κ1) is 14.5.